The van der Waals surface area contributed by atoms with Gasteiger partial charge in [-0.2, -0.15) is 8.78 Å². The lowest BCUT2D eigenvalue weighted by Crippen LogP contribution is -2.31. The molecule has 0 unspecified atom stereocenters. The molecular weight excluding hydrogens is 356 g/mol. The predicted molar refractivity (Wildman–Crippen MR) is 89.7 cm³/mol. The van der Waals surface area contributed by atoms with Crippen LogP contribution in [0.2, 0.25) is 0 Å². The van der Waals surface area contributed by atoms with E-state index in [2.05, 4.69) is 10.1 Å². The van der Waals surface area contributed by atoms with Gasteiger partial charge in [0.25, 0.3) is 0 Å². The van der Waals surface area contributed by atoms with Crippen LogP contribution in [0.3, 0.4) is 0 Å². The first kappa shape index (κ1) is 19.7. The van der Waals surface area contributed by atoms with Crippen molar-refractivity contribution in [3.8, 4) is 11.5 Å². The zero-order valence-electron chi connectivity index (χ0n) is 13.9. The second-order valence-electron chi connectivity index (χ2n) is 6.26. The summed E-state index contributed by atoms with van der Waals surface area (Å²) in [5.41, 5.74) is 0.932. The van der Waals surface area contributed by atoms with E-state index in [0.717, 1.165) is 18.4 Å². The number of alkyl halides is 2. The van der Waals surface area contributed by atoms with Crippen molar-refractivity contribution in [3.05, 3.63) is 23.8 Å². The van der Waals surface area contributed by atoms with E-state index in [9.17, 15) is 13.6 Å². The highest BCUT2D eigenvalue weighted by atomic mass is 35.5. The number of hydrogen-bond donors (Lipinski definition) is 1. The number of carbonyl (C=O) groups is 1. The number of nitrogens with one attached hydrogen (secondary N) is 1. The molecule has 2 fully saturated rings. The Morgan fingerprint density at radius 2 is 2.08 bits per heavy atom. The van der Waals surface area contributed by atoms with E-state index >= 15 is 0 Å². The molecule has 0 spiro atoms. The molecule has 1 N–H and O–H groups in total. The Balaban J connectivity index is 0.00000225. The maximum atomic E-state index is 12.6. The van der Waals surface area contributed by atoms with Gasteiger partial charge < -0.3 is 19.5 Å². The number of esters is 1. The topological polar surface area (TPSA) is 56.8 Å². The van der Waals surface area contributed by atoms with Gasteiger partial charge in [0, 0.05) is 6.54 Å². The van der Waals surface area contributed by atoms with Crippen LogP contribution >= 0.6 is 12.4 Å². The first-order valence-corrected chi connectivity index (χ1v) is 8.09. The molecule has 3 rings (SSSR count). The molecule has 0 radical (unpaired) electrons. The second-order valence-corrected chi connectivity index (χ2v) is 6.26. The number of rotatable bonds is 7. The number of methoxy groups -OCH3 is 1. The summed E-state index contributed by atoms with van der Waals surface area (Å²) in [5.74, 6) is 0.689. The van der Waals surface area contributed by atoms with E-state index < -0.39 is 6.61 Å². The summed E-state index contributed by atoms with van der Waals surface area (Å²) in [4.78, 5) is 11.6. The molecule has 2 aliphatic rings. The largest absolute Gasteiger partial charge is 0.489 e. The molecule has 140 valence electrons. The van der Waals surface area contributed by atoms with Gasteiger partial charge in [-0.3, -0.25) is 4.79 Å². The van der Waals surface area contributed by atoms with Gasteiger partial charge in [0.05, 0.1) is 13.7 Å². The fraction of sp³-hybridized carbons (Fsp3) is 0.588. The Labute approximate surface area is 151 Å². The Kier molecular flexibility index (Phi) is 6.84. The first-order valence-electron chi connectivity index (χ1n) is 8.09. The number of hydrogen-bond acceptors (Lipinski definition) is 5. The van der Waals surface area contributed by atoms with E-state index in [1.165, 1.54) is 13.2 Å². The van der Waals surface area contributed by atoms with Gasteiger partial charge >= 0.3 is 12.6 Å². The van der Waals surface area contributed by atoms with Crippen molar-refractivity contribution in [2.24, 2.45) is 5.92 Å². The second kappa shape index (κ2) is 8.67. The zero-order valence-corrected chi connectivity index (χ0v) is 14.7. The average Bonchev–Trinajstić information content (AvgIpc) is 3.27. The van der Waals surface area contributed by atoms with Crippen LogP contribution in [-0.4, -0.2) is 38.9 Å². The summed E-state index contributed by atoms with van der Waals surface area (Å²) in [6, 6.07) is 4.66. The van der Waals surface area contributed by atoms with Crippen LogP contribution in [-0.2, 0) is 9.53 Å². The number of benzene rings is 1. The lowest BCUT2D eigenvalue weighted by Gasteiger charge is -2.16. The van der Waals surface area contributed by atoms with Gasteiger partial charge in [0.1, 0.15) is 6.04 Å². The molecule has 1 heterocycles. The maximum absolute atomic E-state index is 12.6. The minimum Gasteiger partial charge on any atom is -0.489 e. The van der Waals surface area contributed by atoms with Crippen LogP contribution in [0.25, 0.3) is 0 Å². The third kappa shape index (κ3) is 5.19. The van der Waals surface area contributed by atoms with Crippen molar-refractivity contribution in [2.45, 2.75) is 37.8 Å². The molecule has 25 heavy (non-hydrogen) atoms. The van der Waals surface area contributed by atoms with Crippen molar-refractivity contribution in [3.63, 3.8) is 0 Å². The molecule has 0 bridgehead atoms. The van der Waals surface area contributed by atoms with Crippen LogP contribution in [0.1, 0.15) is 30.7 Å². The molecular formula is C17H22ClF2NO4. The Morgan fingerprint density at radius 1 is 1.32 bits per heavy atom. The standard InChI is InChI=1S/C17H21F2NO4.ClH/c1-22-16(21)13-6-12(8-20-13)11-4-5-14(24-17(18)19)15(7-11)23-9-10-2-3-10;/h4-5,7,10,12-13,17,20H,2-3,6,8-9H2,1H3;1H/t12-,13+;/m1./s1. The van der Waals surface area contributed by atoms with Crippen LogP contribution in [0.15, 0.2) is 18.2 Å². The van der Waals surface area contributed by atoms with Gasteiger partial charge in [-0.25, -0.2) is 0 Å². The van der Waals surface area contributed by atoms with E-state index in [-0.39, 0.29) is 36.1 Å². The summed E-state index contributed by atoms with van der Waals surface area (Å²) in [5, 5.41) is 3.12. The summed E-state index contributed by atoms with van der Waals surface area (Å²) >= 11 is 0. The molecule has 1 saturated carbocycles. The average molecular weight is 378 g/mol. The fourth-order valence-corrected chi connectivity index (χ4v) is 2.89. The quantitative estimate of drug-likeness (QED) is 0.740. The number of halogens is 3. The third-order valence-electron chi connectivity index (χ3n) is 4.44. The van der Waals surface area contributed by atoms with Gasteiger partial charge in [-0.05, 0) is 48.8 Å². The van der Waals surface area contributed by atoms with Gasteiger partial charge in [0.15, 0.2) is 11.5 Å². The minimum absolute atomic E-state index is 0. The van der Waals surface area contributed by atoms with Crippen molar-refractivity contribution < 1.29 is 27.8 Å². The van der Waals surface area contributed by atoms with Crippen molar-refractivity contribution in [2.75, 3.05) is 20.3 Å². The summed E-state index contributed by atoms with van der Waals surface area (Å²) in [7, 11) is 1.36. The Bertz CT molecular complexity index is 598. The normalized spacial score (nSPS) is 22.4. The molecule has 5 nitrogen and oxygen atoms in total. The van der Waals surface area contributed by atoms with E-state index in [4.69, 9.17) is 9.47 Å². The fourth-order valence-electron chi connectivity index (χ4n) is 2.89. The monoisotopic (exact) mass is 377 g/mol. The summed E-state index contributed by atoms with van der Waals surface area (Å²) < 4.78 is 40.1. The Morgan fingerprint density at radius 3 is 2.72 bits per heavy atom. The molecule has 1 saturated heterocycles. The van der Waals surface area contributed by atoms with Crippen LogP contribution in [0, 0.1) is 5.92 Å². The van der Waals surface area contributed by atoms with Crippen molar-refractivity contribution in [1.29, 1.82) is 0 Å². The van der Waals surface area contributed by atoms with Crippen molar-refractivity contribution >= 4 is 18.4 Å². The highest BCUT2D eigenvalue weighted by Crippen LogP contribution is 2.37. The molecule has 1 aliphatic heterocycles. The molecule has 0 aromatic heterocycles. The lowest BCUT2D eigenvalue weighted by atomic mass is 9.96. The summed E-state index contributed by atoms with van der Waals surface area (Å²) in [6.45, 7) is -1.76. The van der Waals surface area contributed by atoms with Gasteiger partial charge in [-0.15, -0.1) is 12.4 Å². The zero-order chi connectivity index (χ0) is 17.1. The molecule has 1 aromatic rings. The SMILES string of the molecule is COC(=O)[C@@H]1C[C@@H](c2ccc(OC(F)F)c(OCC3CC3)c2)CN1.Cl. The molecule has 2 atom stereocenters. The third-order valence-corrected chi connectivity index (χ3v) is 4.44. The van der Waals surface area contributed by atoms with E-state index in [1.807, 2.05) is 0 Å². The van der Waals surface area contributed by atoms with E-state index in [0.29, 0.717) is 31.2 Å². The molecule has 0 amide bonds. The maximum Gasteiger partial charge on any atom is 0.387 e. The molecule has 8 heteroatoms. The lowest BCUT2D eigenvalue weighted by molar-refractivity contribution is -0.142. The smallest absolute Gasteiger partial charge is 0.387 e. The highest BCUT2D eigenvalue weighted by Gasteiger charge is 2.31. The molecule has 1 aromatic carbocycles. The summed E-state index contributed by atoms with van der Waals surface area (Å²) in [6.07, 6.45) is 2.82. The van der Waals surface area contributed by atoms with E-state index in [1.54, 1.807) is 12.1 Å². The predicted octanol–water partition coefficient (Wildman–Crippen LogP) is 3.12. The van der Waals surface area contributed by atoms with Crippen LogP contribution in [0.4, 0.5) is 8.78 Å². The minimum atomic E-state index is -2.89. The van der Waals surface area contributed by atoms with Crippen LogP contribution in [0.5, 0.6) is 11.5 Å². The number of carbonyl (C=O) groups excluding carboxylic acids is 1. The Hall–Kier alpha value is -1.60. The van der Waals surface area contributed by atoms with Gasteiger partial charge in [0.2, 0.25) is 0 Å². The van der Waals surface area contributed by atoms with Gasteiger partial charge in [-0.1, -0.05) is 6.07 Å². The number of ether oxygens (including phenoxy) is 3. The van der Waals surface area contributed by atoms with Crippen LogP contribution < -0.4 is 14.8 Å². The first-order chi connectivity index (χ1) is 11.6. The molecule has 1 aliphatic carbocycles. The highest BCUT2D eigenvalue weighted by molar-refractivity contribution is 5.85. The van der Waals surface area contributed by atoms with Crippen molar-refractivity contribution in [1.82, 2.24) is 5.32 Å².